The minimum Gasteiger partial charge on any atom is -0.369 e. The molecule has 2 aromatic carbocycles. The Balaban J connectivity index is 1.64. The summed E-state index contributed by atoms with van der Waals surface area (Å²) < 4.78 is 0. The Hall–Kier alpha value is -2.86. The van der Waals surface area contributed by atoms with Gasteiger partial charge in [0.2, 0.25) is 5.91 Å². The molecule has 1 unspecified atom stereocenters. The second-order valence-corrected chi connectivity index (χ2v) is 8.20. The van der Waals surface area contributed by atoms with E-state index >= 15 is 0 Å². The zero-order chi connectivity index (χ0) is 21.5. The van der Waals surface area contributed by atoms with E-state index in [1.165, 1.54) is 5.69 Å². The smallest absolute Gasteiger partial charge is 0.251 e. The van der Waals surface area contributed by atoms with Crippen molar-refractivity contribution in [2.45, 2.75) is 26.4 Å². The molecule has 1 fully saturated rings. The van der Waals surface area contributed by atoms with E-state index in [9.17, 15) is 9.59 Å². The van der Waals surface area contributed by atoms with Gasteiger partial charge in [0.05, 0.1) is 0 Å². The molecular weight excluding hydrogens is 376 g/mol. The number of hydrogen-bond acceptors (Lipinski definition) is 4. The minimum atomic E-state index is -0.589. The van der Waals surface area contributed by atoms with E-state index in [4.69, 9.17) is 0 Å². The molecule has 30 heavy (non-hydrogen) atoms. The highest BCUT2D eigenvalue weighted by Crippen LogP contribution is 2.21. The van der Waals surface area contributed by atoms with Crippen LogP contribution in [0.3, 0.4) is 0 Å². The Morgan fingerprint density at radius 2 is 1.57 bits per heavy atom. The number of anilines is 1. The summed E-state index contributed by atoms with van der Waals surface area (Å²) in [5, 5.41) is 5.92. The normalized spacial score (nSPS) is 15.7. The van der Waals surface area contributed by atoms with Crippen LogP contribution < -0.4 is 15.5 Å². The molecule has 0 bridgehead atoms. The number of likely N-dealkylation sites (N-methyl/N-ethyl adjacent to an activating group) is 1. The van der Waals surface area contributed by atoms with Crippen LogP contribution in [0.2, 0.25) is 0 Å². The van der Waals surface area contributed by atoms with Crippen molar-refractivity contribution in [1.82, 2.24) is 15.5 Å². The quantitative estimate of drug-likeness (QED) is 0.739. The van der Waals surface area contributed by atoms with Gasteiger partial charge < -0.3 is 20.4 Å². The lowest BCUT2D eigenvalue weighted by atomic mass is 10.0. The largest absolute Gasteiger partial charge is 0.369 e. The lowest BCUT2D eigenvalue weighted by Crippen LogP contribution is -2.49. The van der Waals surface area contributed by atoms with Crippen molar-refractivity contribution in [2.75, 3.05) is 38.1 Å². The van der Waals surface area contributed by atoms with Gasteiger partial charge in [-0.2, -0.15) is 0 Å². The Morgan fingerprint density at radius 3 is 2.23 bits per heavy atom. The molecule has 0 aromatic heterocycles. The van der Waals surface area contributed by atoms with Crippen molar-refractivity contribution in [2.24, 2.45) is 5.92 Å². The van der Waals surface area contributed by atoms with Gasteiger partial charge in [-0.05, 0) is 36.7 Å². The topological polar surface area (TPSA) is 64.7 Å². The maximum absolute atomic E-state index is 12.9. The van der Waals surface area contributed by atoms with E-state index in [-0.39, 0.29) is 17.7 Å². The number of carbonyl (C=O) groups excluding carboxylic acids is 2. The number of amides is 2. The first kappa shape index (κ1) is 21.8. The predicted molar refractivity (Wildman–Crippen MR) is 121 cm³/mol. The molecule has 6 heteroatoms. The molecule has 2 N–H and O–H groups in total. The average molecular weight is 409 g/mol. The van der Waals surface area contributed by atoms with Crippen molar-refractivity contribution in [1.29, 1.82) is 0 Å². The number of carbonyl (C=O) groups is 2. The fourth-order valence-corrected chi connectivity index (χ4v) is 3.66. The zero-order valence-corrected chi connectivity index (χ0v) is 18.1. The van der Waals surface area contributed by atoms with Gasteiger partial charge >= 0.3 is 0 Å². The van der Waals surface area contributed by atoms with Gasteiger partial charge in [-0.15, -0.1) is 0 Å². The van der Waals surface area contributed by atoms with Crippen LogP contribution in [-0.4, -0.2) is 56.0 Å². The first-order valence-corrected chi connectivity index (χ1v) is 10.6. The Labute approximate surface area is 179 Å². The third-order valence-corrected chi connectivity index (χ3v) is 5.56. The zero-order valence-electron chi connectivity index (χ0n) is 18.1. The number of nitrogens with zero attached hydrogens (tertiary/aromatic N) is 2. The second kappa shape index (κ2) is 10.3. The summed E-state index contributed by atoms with van der Waals surface area (Å²) in [6.45, 7) is 8.32. The summed E-state index contributed by atoms with van der Waals surface area (Å²) in [4.78, 5) is 30.1. The molecule has 2 amide bonds. The molecule has 0 saturated carbocycles. The molecule has 1 saturated heterocycles. The number of hydrogen-bond donors (Lipinski definition) is 2. The molecule has 3 rings (SSSR count). The third-order valence-electron chi connectivity index (χ3n) is 5.56. The van der Waals surface area contributed by atoms with E-state index in [0.29, 0.717) is 12.1 Å². The minimum absolute atomic E-state index is 0.0227. The molecule has 1 heterocycles. The summed E-state index contributed by atoms with van der Waals surface area (Å²) in [7, 11) is 2.14. The summed E-state index contributed by atoms with van der Waals surface area (Å²) >= 11 is 0. The van der Waals surface area contributed by atoms with E-state index in [2.05, 4.69) is 39.6 Å². The van der Waals surface area contributed by atoms with Gasteiger partial charge in [-0.3, -0.25) is 9.59 Å². The van der Waals surface area contributed by atoms with Gasteiger partial charge in [0.25, 0.3) is 5.91 Å². The van der Waals surface area contributed by atoms with Crippen molar-refractivity contribution in [3.63, 3.8) is 0 Å². The molecule has 0 aliphatic carbocycles. The number of para-hydroxylation sites is 1. The summed E-state index contributed by atoms with van der Waals surface area (Å²) in [5.74, 6) is -0.421. The van der Waals surface area contributed by atoms with Crippen molar-refractivity contribution in [3.05, 3.63) is 65.7 Å². The van der Waals surface area contributed by atoms with Crippen molar-refractivity contribution < 1.29 is 9.59 Å². The van der Waals surface area contributed by atoms with E-state index in [1.54, 1.807) is 12.1 Å². The molecule has 2 aromatic rings. The SMILES string of the molecule is CC(C)C(NC(=O)c1ccccc1)C(=O)NCc1ccccc1N1CCN(C)CC1. The molecule has 0 radical (unpaired) electrons. The maximum Gasteiger partial charge on any atom is 0.251 e. The highest BCUT2D eigenvalue weighted by Gasteiger charge is 2.25. The third kappa shape index (κ3) is 5.60. The number of rotatable bonds is 7. The van der Waals surface area contributed by atoms with Gasteiger partial charge in [0, 0.05) is 44.0 Å². The van der Waals surface area contributed by atoms with Gasteiger partial charge in [0.15, 0.2) is 0 Å². The summed E-state index contributed by atoms with van der Waals surface area (Å²) in [6, 6.07) is 16.6. The second-order valence-electron chi connectivity index (χ2n) is 8.20. The number of benzene rings is 2. The maximum atomic E-state index is 12.9. The van der Waals surface area contributed by atoms with Crippen molar-refractivity contribution in [3.8, 4) is 0 Å². The Bertz CT molecular complexity index is 845. The summed E-state index contributed by atoms with van der Waals surface area (Å²) in [5.41, 5.74) is 2.81. The molecule has 1 aliphatic heterocycles. The van der Waals surface area contributed by atoms with Crippen LogP contribution in [-0.2, 0) is 11.3 Å². The molecule has 0 spiro atoms. The highest BCUT2D eigenvalue weighted by molar-refractivity contribution is 5.97. The standard InChI is InChI=1S/C24H32N4O2/c1-18(2)22(26-23(29)19-9-5-4-6-10-19)24(30)25-17-20-11-7-8-12-21(20)28-15-13-27(3)14-16-28/h4-12,18,22H,13-17H2,1-3H3,(H,25,30)(H,26,29). The van der Waals surface area contributed by atoms with Gasteiger partial charge in [0.1, 0.15) is 6.04 Å². The average Bonchev–Trinajstić information content (AvgIpc) is 2.77. The number of nitrogens with one attached hydrogen (secondary N) is 2. The lowest BCUT2D eigenvalue weighted by Gasteiger charge is -2.35. The Kier molecular flexibility index (Phi) is 7.46. The first-order valence-electron chi connectivity index (χ1n) is 10.6. The predicted octanol–water partition coefficient (Wildman–Crippen LogP) is 2.51. The van der Waals surface area contributed by atoms with E-state index in [0.717, 1.165) is 31.7 Å². The Morgan fingerprint density at radius 1 is 0.933 bits per heavy atom. The highest BCUT2D eigenvalue weighted by atomic mass is 16.2. The van der Waals surface area contributed by atoms with Crippen LogP contribution in [0, 0.1) is 5.92 Å². The molecule has 1 aliphatic rings. The fourth-order valence-electron chi connectivity index (χ4n) is 3.66. The molecule has 160 valence electrons. The first-order chi connectivity index (χ1) is 14.5. The van der Waals surface area contributed by atoms with Crippen LogP contribution in [0.25, 0.3) is 0 Å². The van der Waals surface area contributed by atoms with Gasteiger partial charge in [-0.25, -0.2) is 0 Å². The van der Waals surface area contributed by atoms with E-state index in [1.807, 2.05) is 44.2 Å². The fraction of sp³-hybridized carbons (Fsp3) is 0.417. The van der Waals surface area contributed by atoms with Crippen LogP contribution in [0.5, 0.6) is 0 Å². The monoisotopic (exact) mass is 408 g/mol. The molecule has 6 nitrogen and oxygen atoms in total. The number of piperazine rings is 1. The molecule has 1 atom stereocenters. The summed E-state index contributed by atoms with van der Waals surface area (Å²) in [6.07, 6.45) is 0. The van der Waals surface area contributed by atoms with E-state index < -0.39 is 6.04 Å². The van der Waals surface area contributed by atoms with Crippen LogP contribution in [0.15, 0.2) is 54.6 Å². The molecular formula is C24H32N4O2. The van der Waals surface area contributed by atoms with Crippen LogP contribution in [0.4, 0.5) is 5.69 Å². The van der Waals surface area contributed by atoms with Crippen LogP contribution in [0.1, 0.15) is 29.8 Å². The van der Waals surface area contributed by atoms with Crippen molar-refractivity contribution >= 4 is 17.5 Å². The van der Waals surface area contributed by atoms with Gasteiger partial charge in [-0.1, -0.05) is 50.2 Å². The van der Waals surface area contributed by atoms with Crippen LogP contribution >= 0.6 is 0 Å². The lowest BCUT2D eigenvalue weighted by molar-refractivity contribution is -0.124.